The Kier molecular flexibility index (Phi) is 3.86. The summed E-state index contributed by atoms with van der Waals surface area (Å²) in [6.45, 7) is 1.98. The number of rotatable bonds is 2. The lowest BCUT2D eigenvalue weighted by atomic mass is 9.83. The lowest BCUT2D eigenvalue weighted by Crippen LogP contribution is -2.22. The maximum absolute atomic E-state index is 13.0. The van der Waals surface area contributed by atoms with E-state index in [1.165, 1.54) is 24.8 Å². The molecule has 1 aromatic carbocycles. The molecule has 0 nitrogen and oxygen atoms in total. The fourth-order valence-electron chi connectivity index (χ4n) is 2.56. The van der Waals surface area contributed by atoms with Gasteiger partial charge in [0.15, 0.2) is 0 Å². The highest BCUT2D eigenvalue weighted by Gasteiger charge is 2.23. The van der Waals surface area contributed by atoms with Crippen molar-refractivity contribution in [1.82, 2.24) is 0 Å². The zero-order valence-electron chi connectivity index (χ0n) is 9.68. The maximum atomic E-state index is 13.0. The molecule has 1 fully saturated rings. The van der Waals surface area contributed by atoms with Gasteiger partial charge in [-0.15, -0.1) is 11.6 Å². The van der Waals surface area contributed by atoms with Crippen LogP contribution in [0.1, 0.15) is 36.8 Å². The van der Waals surface area contributed by atoms with E-state index in [2.05, 4.69) is 0 Å². The van der Waals surface area contributed by atoms with Gasteiger partial charge in [0.2, 0.25) is 0 Å². The summed E-state index contributed by atoms with van der Waals surface area (Å²) in [5.41, 5.74) is 2.30. The number of hydrogen-bond donors (Lipinski definition) is 0. The van der Waals surface area contributed by atoms with Crippen molar-refractivity contribution in [2.24, 2.45) is 5.92 Å². The lowest BCUT2D eigenvalue weighted by molar-refractivity contribution is 0.363. The van der Waals surface area contributed by atoms with E-state index in [-0.39, 0.29) is 5.82 Å². The molecule has 2 unspecified atom stereocenters. The molecule has 0 heterocycles. The molecule has 0 N–H and O–H groups in total. The van der Waals surface area contributed by atoms with Gasteiger partial charge in [-0.3, -0.25) is 0 Å². The zero-order chi connectivity index (χ0) is 11.5. The van der Waals surface area contributed by atoms with Crippen LogP contribution < -0.4 is 0 Å². The SMILES string of the molecule is Cc1cc(F)ccc1CC1CCCCC1Cl. The van der Waals surface area contributed by atoms with Gasteiger partial charge in [-0.05, 0) is 55.4 Å². The summed E-state index contributed by atoms with van der Waals surface area (Å²) in [5, 5.41) is 0.304. The molecule has 2 atom stereocenters. The molecule has 2 rings (SSSR count). The summed E-state index contributed by atoms with van der Waals surface area (Å²) < 4.78 is 13.0. The van der Waals surface area contributed by atoms with Gasteiger partial charge in [-0.1, -0.05) is 18.9 Å². The Morgan fingerprint density at radius 2 is 2.06 bits per heavy atom. The van der Waals surface area contributed by atoms with Crippen LogP contribution in [0.2, 0.25) is 0 Å². The van der Waals surface area contributed by atoms with Gasteiger partial charge in [0.05, 0.1) is 0 Å². The number of halogens is 2. The lowest BCUT2D eigenvalue weighted by Gasteiger charge is -2.27. The molecule has 2 heteroatoms. The van der Waals surface area contributed by atoms with Crippen LogP contribution in [0.5, 0.6) is 0 Å². The largest absolute Gasteiger partial charge is 0.207 e. The van der Waals surface area contributed by atoms with Crippen molar-refractivity contribution < 1.29 is 4.39 Å². The van der Waals surface area contributed by atoms with E-state index >= 15 is 0 Å². The standard InChI is InChI=1S/C14H18ClF/c1-10-8-13(16)7-6-11(10)9-12-4-2-3-5-14(12)15/h6-8,12,14H,2-5,9H2,1H3. The third kappa shape index (κ3) is 2.76. The average Bonchev–Trinajstić information content (AvgIpc) is 2.25. The second kappa shape index (κ2) is 5.18. The molecular weight excluding hydrogens is 223 g/mol. The first-order valence-electron chi connectivity index (χ1n) is 6.06. The van der Waals surface area contributed by atoms with Crippen molar-refractivity contribution in [3.05, 3.63) is 35.1 Å². The molecule has 0 radical (unpaired) electrons. The Morgan fingerprint density at radius 1 is 1.31 bits per heavy atom. The normalized spacial score (nSPS) is 25.7. The Balaban J connectivity index is 2.07. The predicted octanol–water partition coefficient (Wildman–Crippen LogP) is 4.47. The molecule has 0 aliphatic heterocycles. The molecule has 88 valence electrons. The minimum Gasteiger partial charge on any atom is -0.207 e. The first-order chi connectivity index (χ1) is 7.66. The minimum absolute atomic E-state index is 0.146. The molecule has 0 saturated heterocycles. The quantitative estimate of drug-likeness (QED) is 0.669. The van der Waals surface area contributed by atoms with Gasteiger partial charge in [-0.2, -0.15) is 0 Å². The maximum Gasteiger partial charge on any atom is 0.123 e. The highest BCUT2D eigenvalue weighted by Crippen LogP contribution is 2.31. The Morgan fingerprint density at radius 3 is 2.75 bits per heavy atom. The monoisotopic (exact) mass is 240 g/mol. The molecule has 1 aliphatic carbocycles. The van der Waals surface area contributed by atoms with Crippen molar-refractivity contribution >= 4 is 11.6 Å². The fraction of sp³-hybridized carbons (Fsp3) is 0.571. The van der Waals surface area contributed by atoms with Crippen LogP contribution in [0, 0.1) is 18.7 Å². The molecule has 16 heavy (non-hydrogen) atoms. The summed E-state index contributed by atoms with van der Waals surface area (Å²) in [6.07, 6.45) is 5.89. The molecule has 0 aromatic heterocycles. The number of hydrogen-bond acceptors (Lipinski definition) is 0. The van der Waals surface area contributed by atoms with Crippen molar-refractivity contribution in [2.75, 3.05) is 0 Å². The van der Waals surface area contributed by atoms with Crippen LogP contribution in [0.25, 0.3) is 0 Å². The van der Waals surface area contributed by atoms with E-state index in [0.717, 1.165) is 18.4 Å². The summed E-state index contributed by atoms with van der Waals surface area (Å²) in [6, 6.07) is 5.07. The molecule has 1 saturated carbocycles. The highest BCUT2D eigenvalue weighted by molar-refractivity contribution is 6.20. The van der Waals surface area contributed by atoms with E-state index < -0.39 is 0 Å². The van der Waals surface area contributed by atoms with E-state index in [1.54, 1.807) is 12.1 Å². The van der Waals surface area contributed by atoms with E-state index in [1.807, 2.05) is 13.0 Å². The second-order valence-corrected chi connectivity index (χ2v) is 5.40. The number of aryl methyl sites for hydroxylation is 1. The van der Waals surface area contributed by atoms with Gasteiger partial charge in [0.25, 0.3) is 0 Å². The van der Waals surface area contributed by atoms with E-state index in [4.69, 9.17) is 11.6 Å². The zero-order valence-corrected chi connectivity index (χ0v) is 10.4. The third-order valence-electron chi connectivity index (χ3n) is 3.60. The first kappa shape index (κ1) is 11.9. The van der Waals surface area contributed by atoms with Gasteiger partial charge in [0.1, 0.15) is 5.82 Å². The third-order valence-corrected chi connectivity index (χ3v) is 4.18. The Hall–Kier alpha value is -0.560. The Bertz CT molecular complexity index is 362. The predicted molar refractivity (Wildman–Crippen MR) is 66.4 cm³/mol. The van der Waals surface area contributed by atoms with Crippen LogP contribution in [0.15, 0.2) is 18.2 Å². The molecular formula is C14H18ClF. The fourth-order valence-corrected chi connectivity index (χ4v) is 2.93. The topological polar surface area (TPSA) is 0 Å². The summed E-state index contributed by atoms with van der Waals surface area (Å²) in [5.74, 6) is 0.423. The molecule has 0 amide bonds. The van der Waals surface area contributed by atoms with E-state index in [0.29, 0.717) is 11.3 Å². The van der Waals surface area contributed by atoms with Gasteiger partial charge in [-0.25, -0.2) is 4.39 Å². The first-order valence-corrected chi connectivity index (χ1v) is 6.49. The van der Waals surface area contributed by atoms with Gasteiger partial charge >= 0.3 is 0 Å². The highest BCUT2D eigenvalue weighted by atomic mass is 35.5. The van der Waals surface area contributed by atoms with Gasteiger partial charge < -0.3 is 0 Å². The van der Waals surface area contributed by atoms with E-state index in [9.17, 15) is 4.39 Å². The average molecular weight is 241 g/mol. The summed E-state index contributed by atoms with van der Waals surface area (Å²) >= 11 is 6.34. The number of alkyl halides is 1. The summed E-state index contributed by atoms with van der Waals surface area (Å²) in [4.78, 5) is 0. The van der Waals surface area contributed by atoms with Crippen molar-refractivity contribution in [3.63, 3.8) is 0 Å². The van der Waals surface area contributed by atoms with Crippen LogP contribution in [0.4, 0.5) is 4.39 Å². The summed E-state index contributed by atoms with van der Waals surface area (Å²) in [7, 11) is 0. The molecule has 0 spiro atoms. The molecule has 1 aromatic rings. The van der Waals surface area contributed by atoms with Crippen LogP contribution >= 0.6 is 11.6 Å². The Labute approximate surface area is 102 Å². The van der Waals surface area contributed by atoms with Gasteiger partial charge in [0, 0.05) is 5.38 Å². The molecule has 0 bridgehead atoms. The number of benzene rings is 1. The van der Waals surface area contributed by atoms with Crippen molar-refractivity contribution in [2.45, 2.75) is 44.4 Å². The smallest absolute Gasteiger partial charge is 0.123 e. The molecule has 1 aliphatic rings. The van der Waals surface area contributed by atoms with Crippen LogP contribution in [0.3, 0.4) is 0 Å². The van der Waals surface area contributed by atoms with Crippen molar-refractivity contribution in [3.8, 4) is 0 Å². The minimum atomic E-state index is -0.146. The van der Waals surface area contributed by atoms with Crippen LogP contribution in [-0.4, -0.2) is 5.38 Å². The second-order valence-electron chi connectivity index (χ2n) is 4.84. The van der Waals surface area contributed by atoms with Crippen LogP contribution in [-0.2, 0) is 6.42 Å². The van der Waals surface area contributed by atoms with Crippen molar-refractivity contribution in [1.29, 1.82) is 0 Å².